The number of hydrogen-bond acceptors (Lipinski definition) is 2. The van der Waals surface area contributed by atoms with Gasteiger partial charge in [0, 0.05) is 18.1 Å². The molecule has 0 aromatic heterocycles. The summed E-state index contributed by atoms with van der Waals surface area (Å²) in [5.41, 5.74) is -0.200. The first-order chi connectivity index (χ1) is 4.13. The van der Waals surface area contributed by atoms with Crippen LogP contribution >= 0.6 is 0 Å². The second kappa shape index (κ2) is 1.94. The Morgan fingerprint density at radius 2 is 2.33 bits per heavy atom. The van der Waals surface area contributed by atoms with Crippen molar-refractivity contribution in [2.24, 2.45) is 10.4 Å². The third-order valence-electron chi connectivity index (χ3n) is 1.65. The monoisotopic (exact) mass is 125 g/mol. The molecule has 9 heavy (non-hydrogen) atoms. The number of carbonyl (C=O) groups is 1. The molecule has 1 aliphatic heterocycles. The van der Waals surface area contributed by atoms with Crippen molar-refractivity contribution >= 4 is 12.0 Å². The lowest BCUT2D eigenvalue weighted by Gasteiger charge is -2.22. The van der Waals surface area contributed by atoms with Crippen LogP contribution in [0.3, 0.4) is 0 Å². The zero-order chi connectivity index (χ0) is 6.91. The van der Waals surface area contributed by atoms with E-state index in [0.29, 0.717) is 18.7 Å². The topological polar surface area (TPSA) is 29.4 Å². The van der Waals surface area contributed by atoms with E-state index < -0.39 is 0 Å². The first kappa shape index (κ1) is 6.46. The molecule has 0 fully saturated rings. The molecule has 0 amide bonds. The number of aliphatic imine (C=N–C) groups is 1. The summed E-state index contributed by atoms with van der Waals surface area (Å²) in [6.45, 7) is 4.53. The summed E-state index contributed by atoms with van der Waals surface area (Å²) in [5, 5.41) is 0. The molecule has 1 rings (SSSR count). The van der Waals surface area contributed by atoms with Crippen LogP contribution in [0.2, 0.25) is 0 Å². The van der Waals surface area contributed by atoms with Crippen molar-refractivity contribution in [1.29, 1.82) is 0 Å². The Morgan fingerprint density at radius 3 is 2.67 bits per heavy atom. The highest BCUT2D eigenvalue weighted by molar-refractivity contribution is 5.96. The van der Waals surface area contributed by atoms with Gasteiger partial charge >= 0.3 is 0 Å². The van der Waals surface area contributed by atoms with E-state index in [0.717, 1.165) is 0 Å². The van der Waals surface area contributed by atoms with Gasteiger partial charge < -0.3 is 0 Å². The normalized spacial score (nSPS) is 24.4. The molecule has 0 atom stereocenters. The van der Waals surface area contributed by atoms with Gasteiger partial charge in [0.25, 0.3) is 0 Å². The molecule has 0 bridgehead atoms. The average molecular weight is 125 g/mol. The summed E-state index contributed by atoms with van der Waals surface area (Å²) < 4.78 is 0. The van der Waals surface area contributed by atoms with Gasteiger partial charge in [0.15, 0.2) is 0 Å². The second-order valence-electron chi connectivity index (χ2n) is 3.03. The van der Waals surface area contributed by atoms with Crippen molar-refractivity contribution in [2.75, 3.05) is 6.54 Å². The highest BCUT2D eigenvalue weighted by atomic mass is 16.1. The summed E-state index contributed by atoms with van der Waals surface area (Å²) in [4.78, 5) is 15.1. The predicted molar refractivity (Wildman–Crippen MR) is 36.8 cm³/mol. The molecule has 0 saturated carbocycles. The average Bonchev–Trinajstić information content (AvgIpc) is 1.77. The third kappa shape index (κ3) is 1.18. The zero-order valence-corrected chi connectivity index (χ0v) is 5.85. The second-order valence-corrected chi connectivity index (χ2v) is 3.03. The molecule has 0 saturated heterocycles. The maximum Gasteiger partial charge on any atom is 0.145 e. The Kier molecular flexibility index (Phi) is 1.39. The minimum Gasteiger partial charge on any atom is -0.299 e. The summed E-state index contributed by atoms with van der Waals surface area (Å²) >= 11 is 0. The van der Waals surface area contributed by atoms with E-state index in [-0.39, 0.29) is 5.41 Å². The van der Waals surface area contributed by atoms with E-state index >= 15 is 0 Å². The smallest absolute Gasteiger partial charge is 0.145 e. The molecule has 0 aromatic rings. The lowest BCUT2D eigenvalue weighted by atomic mass is 9.85. The Hall–Kier alpha value is -0.660. The van der Waals surface area contributed by atoms with Crippen LogP contribution in [0.4, 0.5) is 0 Å². The van der Waals surface area contributed by atoms with Gasteiger partial charge in [-0.2, -0.15) is 0 Å². The van der Waals surface area contributed by atoms with Crippen LogP contribution in [0.25, 0.3) is 0 Å². The fourth-order valence-corrected chi connectivity index (χ4v) is 0.805. The number of Topliss-reactive ketones (excluding diaryl/α,β-unsaturated/α-hetero) is 1. The maximum atomic E-state index is 11.0. The molecule has 0 unspecified atom stereocenters. The van der Waals surface area contributed by atoms with Gasteiger partial charge in [-0.3, -0.25) is 9.79 Å². The highest BCUT2D eigenvalue weighted by Crippen LogP contribution is 2.20. The zero-order valence-electron chi connectivity index (χ0n) is 5.85. The Labute approximate surface area is 55.0 Å². The molecular weight excluding hydrogens is 114 g/mol. The molecule has 0 spiro atoms. The van der Waals surface area contributed by atoms with Crippen LogP contribution in [-0.2, 0) is 4.79 Å². The van der Waals surface area contributed by atoms with Crippen molar-refractivity contribution in [3.05, 3.63) is 0 Å². The predicted octanol–water partition coefficient (Wildman–Crippen LogP) is 1.06. The van der Waals surface area contributed by atoms with Crippen LogP contribution < -0.4 is 0 Å². The van der Waals surface area contributed by atoms with Crippen molar-refractivity contribution in [3.8, 4) is 0 Å². The van der Waals surface area contributed by atoms with Gasteiger partial charge in [0.2, 0.25) is 0 Å². The van der Waals surface area contributed by atoms with E-state index in [1.165, 1.54) is 0 Å². The Bertz CT molecular complexity index is 158. The third-order valence-corrected chi connectivity index (χ3v) is 1.65. The molecule has 0 aliphatic carbocycles. The molecule has 2 nitrogen and oxygen atoms in total. The van der Waals surface area contributed by atoms with E-state index in [1.807, 2.05) is 13.8 Å². The number of ketones is 1. The van der Waals surface area contributed by atoms with Crippen LogP contribution in [0.1, 0.15) is 20.3 Å². The molecule has 2 heteroatoms. The Balaban J connectivity index is 2.76. The van der Waals surface area contributed by atoms with E-state index in [9.17, 15) is 4.79 Å². The fourth-order valence-electron chi connectivity index (χ4n) is 0.805. The minimum atomic E-state index is -0.200. The van der Waals surface area contributed by atoms with Crippen LogP contribution in [0.5, 0.6) is 0 Å². The molecule has 0 radical (unpaired) electrons. The number of hydrogen-bond donors (Lipinski definition) is 0. The summed E-state index contributed by atoms with van der Waals surface area (Å²) in [7, 11) is 0. The fraction of sp³-hybridized carbons (Fsp3) is 0.714. The lowest BCUT2D eigenvalue weighted by Crippen LogP contribution is -2.30. The standard InChI is InChI=1S/C7H11NO/c1-7(2)5-8-4-3-6(7)9/h4H,3,5H2,1-2H3. The molecule has 1 heterocycles. The summed E-state index contributed by atoms with van der Waals surface area (Å²) in [5.74, 6) is 0.303. The van der Waals surface area contributed by atoms with Gasteiger partial charge in [0.1, 0.15) is 5.78 Å². The van der Waals surface area contributed by atoms with E-state index in [1.54, 1.807) is 6.21 Å². The molecule has 0 N–H and O–H groups in total. The van der Waals surface area contributed by atoms with Crippen molar-refractivity contribution in [3.63, 3.8) is 0 Å². The largest absolute Gasteiger partial charge is 0.299 e. The van der Waals surface area contributed by atoms with E-state index in [4.69, 9.17) is 0 Å². The molecular formula is C7H11NO. The maximum absolute atomic E-state index is 11.0. The quantitative estimate of drug-likeness (QED) is 0.476. The van der Waals surface area contributed by atoms with Crippen LogP contribution in [0, 0.1) is 5.41 Å². The van der Waals surface area contributed by atoms with Gasteiger partial charge in [0.05, 0.1) is 6.54 Å². The van der Waals surface area contributed by atoms with Crippen LogP contribution in [-0.4, -0.2) is 18.5 Å². The first-order valence-electron chi connectivity index (χ1n) is 3.14. The number of nitrogens with zero attached hydrogens (tertiary/aromatic N) is 1. The SMILES string of the molecule is CC1(C)CN=CCC1=O. The van der Waals surface area contributed by atoms with Crippen molar-refractivity contribution in [1.82, 2.24) is 0 Å². The van der Waals surface area contributed by atoms with Crippen LogP contribution in [0.15, 0.2) is 4.99 Å². The van der Waals surface area contributed by atoms with Crippen molar-refractivity contribution in [2.45, 2.75) is 20.3 Å². The van der Waals surface area contributed by atoms with Gasteiger partial charge in [-0.1, -0.05) is 13.8 Å². The van der Waals surface area contributed by atoms with Gasteiger partial charge in [-0.25, -0.2) is 0 Å². The molecule has 0 aromatic carbocycles. The number of rotatable bonds is 0. The van der Waals surface area contributed by atoms with Gasteiger partial charge in [-0.05, 0) is 0 Å². The lowest BCUT2D eigenvalue weighted by molar-refractivity contribution is -0.125. The van der Waals surface area contributed by atoms with E-state index in [2.05, 4.69) is 4.99 Å². The molecule has 50 valence electrons. The van der Waals surface area contributed by atoms with Crippen molar-refractivity contribution < 1.29 is 4.79 Å². The Morgan fingerprint density at radius 1 is 1.67 bits per heavy atom. The first-order valence-corrected chi connectivity index (χ1v) is 3.14. The minimum absolute atomic E-state index is 0.200. The summed E-state index contributed by atoms with van der Waals surface area (Å²) in [6, 6.07) is 0. The highest BCUT2D eigenvalue weighted by Gasteiger charge is 2.27. The summed E-state index contributed by atoms with van der Waals surface area (Å²) in [6.07, 6.45) is 2.22. The number of carbonyl (C=O) groups excluding carboxylic acids is 1. The molecule has 1 aliphatic rings. The van der Waals surface area contributed by atoms with Gasteiger partial charge in [-0.15, -0.1) is 0 Å².